The fraction of sp³-hybridized carbons (Fsp3) is 0.222. The van der Waals surface area contributed by atoms with Crippen molar-refractivity contribution < 1.29 is 14.3 Å². The van der Waals surface area contributed by atoms with Gasteiger partial charge in [0.1, 0.15) is 5.75 Å². The summed E-state index contributed by atoms with van der Waals surface area (Å²) in [6.07, 6.45) is -0.677. The maximum absolute atomic E-state index is 12.3. The number of rotatable bonds is 5. The Bertz CT molecular complexity index is 763. The minimum absolute atomic E-state index is 0.277. The van der Waals surface area contributed by atoms with Gasteiger partial charge in [-0.1, -0.05) is 11.6 Å². The minimum Gasteiger partial charge on any atom is -0.481 e. The van der Waals surface area contributed by atoms with Crippen molar-refractivity contribution in [2.75, 3.05) is 17.7 Å². The van der Waals surface area contributed by atoms with Crippen molar-refractivity contribution in [3.63, 3.8) is 0 Å². The Morgan fingerprint density at radius 2 is 1.64 bits per heavy atom. The van der Waals surface area contributed by atoms with E-state index in [0.29, 0.717) is 22.1 Å². The summed E-state index contributed by atoms with van der Waals surface area (Å²) in [5.41, 5.74) is 2.09. The normalized spacial score (nSPS) is 11.4. The second-order valence-corrected chi connectivity index (χ2v) is 5.88. The topological polar surface area (TPSA) is 79.5 Å². The number of halogens is 1. The standard InChI is InChI=1S/C18H20ClN3O3/c1-11-10-13(19)4-9-16(11)25-12(2)17(23)21-14-5-7-15(8-6-14)22-18(24)20-3/h4-10,12H,1-3H3,(H,21,23)(H2,20,22,24)/t12-/m1/s1. The molecular weight excluding hydrogens is 342 g/mol. The maximum atomic E-state index is 12.3. The fourth-order valence-corrected chi connectivity index (χ4v) is 2.29. The maximum Gasteiger partial charge on any atom is 0.318 e. The van der Waals surface area contributed by atoms with Gasteiger partial charge in [0.05, 0.1) is 0 Å². The van der Waals surface area contributed by atoms with E-state index < -0.39 is 6.10 Å². The van der Waals surface area contributed by atoms with E-state index in [0.717, 1.165) is 5.56 Å². The van der Waals surface area contributed by atoms with Gasteiger partial charge in [0.25, 0.3) is 5.91 Å². The molecule has 0 saturated heterocycles. The van der Waals surface area contributed by atoms with E-state index in [1.165, 1.54) is 7.05 Å². The number of aryl methyl sites for hydroxylation is 1. The molecule has 6 nitrogen and oxygen atoms in total. The van der Waals surface area contributed by atoms with Crippen LogP contribution in [0.15, 0.2) is 42.5 Å². The molecule has 0 aromatic heterocycles. The van der Waals surface area contributed by atoms with Crippen LogP contribution in [0.3, 0.4) is 0 Å². The summed E-state index contributed by atoms with van der Waals surface area (Å²) >= 11 is 5.91. The number of hydrogen-bond acceptors (Lipinski definition) is 3. The smallest absolute Gasteiger partial charge is 0.318 e. The third kappa shape index (κ3) is 5.39. The first-order valence-corrected chi connectivity index (χ1v) is 8.09. The Morgan fingerprint density at radius 3 is 2.20 bits per heavy atom. The summed E-state index contributed by atoms with van der Waals surface area (Å²) in [5.74, 6) is 0.332. The third-order valence-electron chi connectivity index (χ3n) is 3.45. The first kappa shape index (κ1) is 18.6. The summed E-state index contributed by atoms with van der Waals surface area (Å²) in [7, 11) is 1.54. The minimum atomic E-state index is -0.677. The number of carbonyl (C=O) groups excluding carboxylic acids is 2. The first-order valence-electron chi connectivity index (χ1n) is 7.71. The van der Waals surface area contributed by atoms with Gasteiger partial charge < -0.3 is 20.7 Å². The van der Waals surface area contributed by atoms with Crippen LogP contribution in [0, 0.1) is 6.92 Å². The molecule has 0 aliphatic carbocycles. The second kappa shape index (κ2) is 8.39. The molecule has 0 saturated carbocycles. The Labute approximate surface area is 151 Å². The molecule has 0 aliphatic rings. The summed E-state index contributed by atoms with van der Waals surface area (Å²) in [4.78, 5) is 23.5. The summed E-state index contributed by atoms with van der Waals surface area (Å²) in [6.45, 7) is 3.54. The van der Waals surface area contributed by atoms with Crippen molar-refractivity contribution >= 4 is 34.9 Å². The van der Waals surface area contributed by atoms with Crippen LogP contribution in [0.2, 0.25) is 5.02 Å². The van der Waals surface area contributed by atoms with E-state index >= 15 is 0 Å². The lowest BCUT2D eigenvalue weighted by Crippen LogP contribution is -2.30. The van der Waals surface area contributed by atoms with Gasteiger partial charge in [-0.25, -0.2) is 4.79 Å². The molecule has 132 valence electrons. The van der Waals surface area contributed by atoms with Crippen LogP contribution in [0.25, 0.3) is 0 Å². The average molecular weight is 362 g/mol. The number of benzene rings is 2. The Kier molecular flexibility index (Phi) is 6.25. The van der Waals surface area contributed by atoms with E-state index in [2.05, 4.69) is 16.0 Å². The SMILES string of the molecule is CNC(=O)Nc1ccc(NC(=O)[C@@H](C)Oc2ccc(Cl)cc2C)cc1. The summed E-state index contributed by atoms with van der Waals surface area (Å²) in [5, 5.41) is 8.49. The molecule has 2 rings (SSSR count). The summed E-state index contributed by atoms with van der Waals surface area (Å²) < 4.78 is 5.69. The lowest BCUT2D eigenvalue weighted by Gasteiger charge is -2.16. The molecule has 3 amide bonds. The predicted molar refractivity (Wildman–Crippen MR) is 99.4 cm³/mol. The zero-order valence-corrected chi connectivity index (χ0v) is 15.0. The van der Waals surface area contributed by atoms with Gasteiger partial charge in [-0.3, -0.25) is 4.79 Å². The number of amides is 3. The molecule has 3 N–H and O–H groups in total. The van der Waals surface area contributed by atoms with Gasteiger partial charge in [0.2, 0.25) is 0 Å². The molecule has 0 bridgehead atoms. The van der Waals surface area contributed by atoms with E-state index in [9.17, 15) is 9.59 Å². The highest BCUT2D eigenvalue weighted by molar-refractivity contribution is 6.30. The van der Waals surface area contributed by atoms with Crippen LogP contribution in [-0.4, -0.2) is 25.1 Å². The molecule has 0 fully saturated rings. The average Bonchev–Trinajstić information content (AvgIpc) is 2.58. The zero-order chi connectivity index (χ0) is 18.4. The number of hydrogen-bond donors (Lipinski definition) is 3. The monoisotopic (exact) mass is 361 g/mol. The molecule has 7 heteroatoms. The van der Waals surface area contributed by atoms with Crippen LogP contribution in [0.1, 0.15) is 12.5 Å². The molecule has 0 aliphatic heterocycles. The van der Waals surface area contributed by atoms with Crippen molar-refractivity contribution in [2.24, 2.45) is 0 Å². The zero-order valence-electron chi connectivity index (χ0n) is 14.2. The van der Waals surface area contributed by atoms with Crippen LogP contribution >= 0.6 is 11.6 Å². The first-order chi connectivity index (χ1) is 11.9. The van der Waals surface area contributed by atoms with Gasteiger partial charge in [-0.05, 0) is 61.9 Å². The molecule has 0 spiro atoms. The lowest BCUT2D eigenvalue weighted by atomic mass is 10.2. The Balaban J connectivity index is 1.95. The number of anilines is 2. The highest BCUT2D eigenvalue weighted by Crippen LogP contribution is 2.23. The number of carbonyl (C=O) groups is 2. The molecule has 25 heavy (non-hydrogen) atoms. The number of nitrogens with one attached hydrogen (secondary N) is 3. The van der Waals surface area contributed by atoms with Crippen molar-refractivity contribution in [1.29, 1.82) is 0 Å². The Morgan fingerprint density at radius 1 is 1.04 bits per heavy atom. The highest BCUT2D eigenvalue weighted by atomic mass is 35.5. The number of ether oxygens (including phenoxy) is 1. The van der Waals surface area contributed by atoms with E-state index in [-0.39, 0.29) is 11.9 Å². The van der Waals surface area contributed by atoms with Gasteiger partial charge in [-0.15, -0.1) is 0 Å². The van der Waals surface area contributed by atoms with Crippen LogP contribution < -0.4 is 20.7 Å². The molecule has 2 aromatic carbocycles. The van der Waals surface area contributed by atoms with Crippen molar-refractivity contribution in [2.45, 2.75) is 20.0 Å². The number of urea groups is 1. The molecule has 1 atom stereocenters. The van der Waals surface area contributed by atoms with Crippen molar-refractivity contribution in [3.05, 3.63) is 53.1 Å². The van der Waals surface area contributed by atoms with Crippen LogP contribution in [0.4, 0.5) is 16.2 Å². The van der Waals surface area contributed by atoms with E-state index in [1.54, 1.807) is 49.4 Å². The van der Waals surface area contributed by atoms with Crippen molar-refractivity contribution in [1.82, 2.24) is 5.32 Å². The second-order valence-electron chi connectivity index (χ2n) is 5.44. The summed E-state index contributed by atoms with van der Waals surface area (Å²) in [6, 6.07) is 11.7. The lowest BCUT2D eigenvalue weighted by molar-refractivity contribution is -0.122. The highest BCUT2D eigenvalue weighted by Gasteiger charge is 2.16. The van der Waals surface area contributed by atoms with Crippen molar-refractivity contribution in [3.8, 4) is 5.75 Å². The van der Waals surface area contributed by atoms with E-state index in [4.69, 9.17) is 16.3 Å². The molecule has 0 radical (unpaired) electrons. The Hall–Kier alpha value is -2.73. The van der Waals surface area contributed by atoms with Gasteiger partial charge in [0, 0.05) is 23.4 Å². The van der Waals surface area contributed by atoms with E-state index in [1.807, 2.05) is 6.92 Å². The third-order valence-corrected chi connectivity index (χ3v) is 3.68. The predicted octanol–water partition coefficient (Wildman–Crippen LogP) is 3.81. The molecular formula is C18H20ClN3O3. The van der Waals surface area contributed by atoms with Gasteiger partial charge in [-0.2, -0.15) is 0 Å². The van der Waals surface area contributed by atoms with Gasteiger partial charge in [0.15, 0.2) is 6.10 Å². The molecule has 0 heterocycles. The molecule has 0 unspecified atom stereocenters. The largest absolute Gasteiger partial charge is 0.481 e. The fourth-order valence-electron chi connectivity index (χ4n) is 2.06. The quantitative estimate of drug-likeness (QED) is 0.757. The van der Waals surface area contributed by atoms with Gasteiger partial charge >= 0.3 is 6.03 Å². The van der Waals surface area contributed by atoms with Crippen LogP contribution in [0.5, 0.6) is 5.75 Å². The molecule has 2 aromatic rings. The van der Waals surface area contributed by atoms with Crippen LogP contribution in [-0.2, 0) is 4.79 Å².